The number of amides is 2. The van der Waals surface area contributed by atoms with Crippen molar-refractivity contribution in [2.75, 3.05) is 13.1 Å². The monoisotopic (exact) mass is 464 g/mol. The van der Waals surface area contributed by atoms with Crippen LogP contribution in [0.25, 0.3) is 17.1 Å². The molecule has 33 heavy (non-hydrogen) atoms. The number of likely N-dealkylation sites (tertiary alicyclic amines) is 1. The van der Waals surface area contributed by atoms with Crippen LogP contribution >= 0.6 is 11.6 Å². The van der Waals surface area contributed by atoms with Gasteiger partial charge < -0.3 is 19.1 Å². The lowest BCUT2D eigenvalue weighted by Crippen LogP contribution is -2.46. The number of carbonyl (C=O) groups excluding carboxylic acids is 2. The Morgan fingerprint density at radius 2 is 1.79 bits per heavy atom. The summed E-state index contributed by atoms with van der Waals surface area (Å²) >= 11 is 6.16. The maximum absolute atomic E-state index is 13.0. The molecule has 0 saturated carbocycles. The van der Waals surface area contributed by atoms with Gasteiger partial charge in [-0.3, -0.25) is 9.59 Å². The largest absolute Gasteiger partial charge is 0.463 e. The lowest BCUT2D eigenvalue weighted by atomic mass is 10.0. The summed E-state index contributed by atoms with van der Waals surface area (Å²) < 4.78 is 12.4. The van der Waals surface area contributed by atoms with Gasteiger partial charge in [0.1, 0.15) is 5.69 Å². The Labute approximate surface area is 194 Å². The zero-order valence-corrected chi connectivity index (χ0v) is 18.4. The van der Waals surface area contributed by atoms with E-state index in [1.54, 1.807) is 52.2 Å². The predicted molar refractivity (Wildman–Crippen MR) is 121 cm³/mol. The molecule has 4 aromatic rings. The van der Waals surface area contributed by atoms with E-state index in [4.69, 9.17) is 20.4 Å². The van der Waals surface area contributed by atoms with Gasteiger partial charge in [-0.15, -0.1) is 0 Å². The second-order valence-electron chi connectivity index (χ2n) is 7.80. The normalized spacial score (nSPS) is 14.4. The van der Waals surface area contributed by atoms with Crippen LogP contribution in [0.2, 0.25) is 5.02 Å². The Balaban J connectivity index is 1.30. The van der Waals surface area contributed by atoms with E-state index in [1.807, 2.05) is 18.2 Å². The van der Waals surface area contributed by atoms with E-state index < -0.39 is 0 Å². The van der Waals surface area contributed by atoms with Crippen LogP contribution in [-0.2, 0) is 0 Å². The number of aromatic nitrogens is 2. The summed E-state index contributed by atoms with van der Waals surface area (Å²) in [4.78, 5) is 27.2. The number of piperidine rings is 1. The highest BCUT2D eigenvalue weighted by atomic mass is 35.5. The van der Waals surface area contributed by atoms with Crippen LogP contribution in [0.3, 0.4) is 0 Å². The average molecular weight is 465 g/mol. The fourth-order valence-corrected chi connectivity index (χ4v) is 4.12. The molecule has 1 aliphatic rings. The summed E-state index contributed by atoms with van der Waals surface area (Å²) in [7, 11) is 0. The van der Waals surface area contributed by atoms with Gasteiger partial charge in [0.05, 0.1) is 18.2 Å². The zero-order chi connectivity index (χ0) is 22.8. The number of carbonyl (C=O) groups is 2. The Hall–Kier alpha value is -3.78. The molecule has 1 aromatic carbocycles. The van der Waals surface area contributed by atoms with Gasteiger partial charge in [-0.25, -0.2) is 4.68 Å². The number of halogens is 1. The SMILES string of the molecule is O=C(NC1CCN(C(=O)c2ccco2)CC1)c1cc(-c2ccco2)n(-c2cccc(Cl)c2)n1. The van der Waals surface area contributed by atoms with Gasteiger partial charge in [0.2, 0.25) is 0 Å². The van der Waals surface area contributed by atoms with E-state index in [2.05, 4.69) is 10.4 Å². The molecule has 0 unspecified atom stereocenters. The van der Waals surface area contributed by atoms with E-state index in [-0.39, 0.29) is 23.6 Å². The van der Waals surface area contributed by atoms with Gasteiger partial charge >= 0.3 is 0 Å². The molecule has 168 valence electrons. The Morgan fingerprint density at radius 1 is 1.00 bits per heavy atom. The van der Waals surface area contributed by atoms with E-state index in [1.165, 1.54) is 6.26 Å². The average Bonchev–Trinajstić information content (AvgIpc) is 3.60. The number of benzene rings is 1. The van der Waals surface area contributed by atoms with Gasteiger partial charge in [-0.05, 0) is 55.3 Å². The summed E-state index contributed by atoms with van der Waals surface area (Å²) in [6.07, 6.45) is 4.36. The molecular formula is C24H21ClN4O4. The van der Waals surface area contributed by atoms with Crippen molar-refractivity contribution < 1.29 is 18.4 Å². The standard InChI is InChI=1S/C24H21ClN4O4/c25-16-4-1-5-18(14-16)29-20(21-6-2-12-32-21)15-19(27-29)23(30)26-17-8-10-28(11-9-17)24(31)22-7-3-13-33-22/h1-7,12-15,17H,8-11H2,(H,26,30). The van der Waals surface area contributed by atoms with Gasteiger partial charge in [0.15, 0.2) is 17.2 Å². The minimum absolute atomic E-state index is 0.0541. The van der Waals surface area contributed by atoms with Crippen LogP contribution in [0.15, 0.2) is 76.0 Å². The topological polar surface area (TPSA) is 93.5 Å². The second-order valence-corrected chi connectivity index (χ2v) is 8.24. The van der Waals surface area contributed by atoms with Crippen molar-refractivity contribution >= 4 is 23.4 Å². The highest BCUT2D eigenvalue weighted by Crippen LogP contribution is 2.26. The van der Waals surface area contributed by atoms with Crippen LogP contribution in [0.5, 0.6) is 0 Å². The van der Waals surface area contributed by atoms with Crippen molar-refractivity contribution in [1.29, 1.82) is 0 Å². The molecule has 0 radical (unpaired) electrons. The highest BCUT2D eigenvalue weighted by Gasteiger charge is 2.27. The van der Waals surface area contributed by atoms with Gasteiger partial charge in [-0.2, -0.15) is 5.10 Å². The molecule has 9 heteroatoms. The molecular weight excluding hydrogens is 444 g/mol. The van der Waals surface area contributed by atoms with Gasteiger partial charge in [0.25, 0.3) is 11.8 Å². The van der Waals surface area contributed by atoms with Crippen LogP contribution < -0.4 is 5.32 Å². The van der Waals surface area contributed by atoms with Crippen LogP contribution in [0.1, 0.15) is 33.9 Å². The van der Waals surface area contributed by atoms with E-state index in [9.17, 15) is 9.59 Å². The minimum Gasteiger partial charge on any atom is -0.463 e. The second kappa shape index (κ2) is 8.99. The molecule has 0 atom stereocenters. The van der Waals surface area contributed by atoms with Crippen LogP contribution in [0.4, 0.5) is 0 Å². The van der Waals surface area contributed by atoms with Gasteiger partial charge in [0, 0.05) is 30.2 Å². The zero-order valence-electron chi connectivity index (χ0n) is 17.6. The summed E-state index contributed by atoms with van der Waals surface area (Å²) in [5.41, 5.74) is 1.64. The summed E-state index contributed by atoms with van der Waals surface area (Å²) in [6, 6.07) is 15.8. The summed E-state index contributed by atoms with van der Waals surface area (Å²) in [5, 5.41) is 8.14. The Kier molecular flexibility index (Phi) is 5.75. The molecule has 2 amide bonds. The smallest absolute Gasteiger partial charge is 0.289 e. The molecule has 0 bridgehead atoms. The predicted octanol–water partition coefficient (Wildman–Crippen LogP) is 4.41. The third-order valence-electron chi connectivity index (χ3n) is 5.62. The molecule has 5 rings (SSSR count). The van der Waals surface area contributed by atoms with E-state index in [0.29, 0.717) is 48.2 Å². The quantitative estimate of drug-likeness (QED) is 0.472. The first-order chi connectivity index (χ1) is 16.1. The molecule has 1 saturated heterocycles. The number of furan rings is 2. The van der Waals surface area contributed by atoms with E-state index >= 15 is 0 Å². The fourth-order valence-electron chi connectivity index (χ4n) is 3.94. The molecule has 1 N–H and O–H groups in total. The first-order valence-electron chi connectivity index (χ1n) is 10.6. The van der Waals surface area contributed by atoms with Crippen molar-refractivity contribution in [3.63, 3.8) is 0 Å². The van der Waals surface area contributed by atoms with Crippen molar-refractivity contribution in [3.05, 3.63) is 83.6 Å². The number of hydrogen-bond donors (Lipinski definition) is 1. The number of nitrogens with one attached hydrogen (secondary N) is 1. The molecule has 4 heterocycles. The number of rotatable bonds is 5. The molecule has 1 fully saturated rings. The summed E-state index contributed by atoms with van der Waals surface area (Å²) in [6.45, 7) is 1.08. The van der Waals surface area contributed by atoms with Crippen molar-refractivity contribution in [2.45, 2.75) is 18.9 Å². The number of hydrogen-bond acceptors (Lipinski definition) is 5. The maximum atomic E-state index is 13.0. The highest BCUT2D eigenvalue weighted by molar-refractivity contribution is 6.30. The van der Waals surface area contributed by atoms with E-state index in [0.717, 1.165) is 5.69 Å². The molecule has 3 aromatic heterocycles. The maximum Gasteiger partial charge on any atom is 0.289 e. The first kappa shape index (κ1) is 21.1. The third-order valence-corrected chi connectivity index (χ3v) is 5.85. The molecule has 0 aliphatic carbocycles. The van der Waals surface area contributed by atoms with Crippen molar-refractivity contribution in [3.8, 4) is 17.1 Å². The number of nitrogens with zero attached hydrogens (tertiary/aromatic N) is 3. The third kappa shape index (κ3) is 4.42. The fraction of sp³-hybridized carbons (Fsp3) is 0.208. The van der Waals surface area contributed by atoms with Crippen LogP contribution in [-0.4, -0.2) is 45.6 Å². The Morgan fingerprint density at radius 3 is 2.48 bits per heavy atom. The minimum atomic E-state index is -0.278. The first-order valence-corrected chi connectivity index (χ1v) is 11.0. The summed E-state index contributed by atoms with van der Waals surface area (Å²) in [5.74, 6) is 0.508. The lowest BCUT2D eigenvalue weighted by Gasteiger charge is -2.31. The van der Waals surface area contributed by atoms with Gasteiger partial charge in [-0.1, -0.05) is 17.7 Å². The van der Waals surface area contributed by atoms with Crippen LogP contribution in [0, 0.1) is 0 Å². The molecule has 1 aliphatic heterocycles. The molecule has 8 nitrogen and oxygen atoms in total. The van der Waals surface area contributed by atoms with Crippen molar-refractivity contribution in [1.82, 2.24) is 20.0 Å². The van der Waals surface area contributed by atoms with Crippen molar-refractivity contribution in [2.24, 2.45) is 0 Å². The lowest BCUT2D eigenvalue weighted by molar-refractivity contribution is 0.0667. The molecule has 0 spiro atoms. The Bertz CT molecular complexity index is 1260.